The maximum absolute atomic E-state index is 6.20. The lowest BCUT2D eigenvalue weighted by Gasteiger charge is -2.28. The zero-order chi connectivity index (χ0) is 10.5. The molecule has 1 heterocycles. The molecule has 0 spiro atoms. The molecular formula is C13H24ClN. The number of likely N-dealkylation sites (tertiary alicyclic amines) is 1. The van der Waals surface area contributed by atoms with Gasteiger partial charge in [-0.15, -0.1) is 11.6 Å². The van der Waals surface area contributed by atoms with Crippen molar-refractivity contribution in [2.75, 3.05) is 19.6 Å². The van der Waals surface area contributed by atoms with Crippen molar-refractivity contribution in [3.8, 4) is 0 Å². The summed E-state index contributed by atoms with van der Waals surface area (Å²) in [6, 6.07) is 0. The summed E-state index contributed by atoms with van der Waals surface area (Å²) >= 11 is 6.20. The first-order chi connectivity index (χ1) is 7.34. The van der Waals surface area contributed by atoms with Gasteiger partial charge in [-0.3, -0.25) is 0 Å². The topological polar surface area (TPSA) is 3.24 Å². The lowest BCUT2D eigenvalue weighted by Crippen LogP contribution is -2.31. The average Bonchev–Trinajstić information content (AvgIpc) is 2.46. The van der Waals surface area contributed by atoms with Gasteiger partial charge in [0.1, 0.15) is 0 Å². The molecule has 1 nitrogen and oxygen atoms in total. The third-order valence-corrected chi connectivity index (χ3v) is 4.43. The highest BCUT2D eigenvalue weighted by Crippen LogP contribution is 2.25. The van der Waals surface area contributed by atoms with Crippen LogP contribution in [0.4, 0.5) is 0 Å². The van der Waals surface area contributed by atoms with Crippen molar-refractivity contribution < 1.29 is 0 Å². The van der Waals surface area contributed by atoms with Gasteiger partial charge in [-0.2, -0.15) is 0 Å². The summed E-state index contributed by atoms with van der Waals surface area (Å²) in [6.45, 7) is 3.88. The Labute approximate surface area is 99.2 Å². The van der Waals surface area contributed by atoms with E-state index in [0.29, 0.717) is 5.38 Å². The first-order valence-corrected chi connectivity index (χ1v) is 7.14. The molecular weight excluding hydrogens is 206 g/mol. The number of hydrogen-bond donors (Lipinski definition) is 0. The van der Waals surface area contributed by atoms with Gasteiger partial charge in [0.25, 0.3) is 0 Å². The van der Waals surface area contributed by atoms with Crippen LogP contribution in [0.25, 0.3) is 0 Å². The normalized spacial score (nSPS) is 31.4. The highest BCUT2D eigenvalue weighted by Gasteiger charge is 2.19. The van der Waals surface area contributed by atoms with E-state index in [4.69, 9.17) is 11.6 Å². The Kier molecular flexibility index (Phi) is 4.77. The van der Waals surface area contributed by atoms with Gasteiger partial charge in [-0.05, 0) is 51.1 Å². The van der Waals surface area contributed by atoms with E-state index >= 15 is 0 Å². The molecule has 1 unspecified atom stereocenters. The Balaban J connectivity index is 1.72. The van der Waals surface area contributed by atoms with Crippen molar-refractivity contribution in [1.29, 1.82) is 0 Å². The minimum atomic E-state index is 0.446. The monoisotopic (exact) mass is 229 g/mol. The zero-order valence-electron chi connectivity index (χ0n) is 9.76. The van der Waals surface area contributed by atoms with Crippen LogP contribution in [0.2, 0.25) is 0 Å². The maximum atomic E-state index is 6.20. The fourth-order valence-electron chi connectivity index (χ4n) is 3.03. The fourth-order valence-corrected chi connectivity index (χ4v) is 3.28. The largest absolute Gasteiger partial charge is 0.303 e. The molecule has 0 aromatic carbocycles. The van der Waals surface area contributed by atoms with Crippen molar-refractivity contribution in [2.45, 2.75) is 56.7 Å². The van der Waals surface area contributed by atoms with Gasteiger partial charge in [0.05, 0.1) is 0 Å². The van der Waals surface area contributed by atoms with Crippen LogP contribution in [-0.4, -0.2) is 29.9 Å². The summed E-state index contributed by atoms with van der Waals surface area (Å²) < 4.78 is 0. The second-order valence-electron chi connectivity index (χ2n) is 5.33. The van der Waals surface area contributed by atoms with Crippen molar-refractivity contribution >= 4 is 11.6 Å². The first kappa shape index (κ1) is 11.7. The van der Waals surface area contributed by atoms with Crippen molar-refractivity contribution in [3.63, 3.8) is 0 Å². The van der Waals surface area contributed by atoms with Crippen LogP contribution in [0, 0.1) is 5.92 Å². The van der Waals surface area contributed by atoms with Gasteiger partial charge >= 0.3 is 0 Å². The predicted octanol–water partition coefficient (Wildman–Crippen LogP) is 3.66. The second-order valence-corrected chi connectivity index (χ2v) is 5.95. The van der Waals surface area contributed by atoms with Crippen LogP contribution in [0.1, 0.15) is 51.4 Å². The van der Waals surface area contributed by atoms with Crippen LogP contribution < -0.4 is 0 Å². The number of hydrogen-bond acceptors (Lipinski definition) is 1. The fraction of sp³-hybridized carbons (Fsp3) is 1.00. The SMILES string of the molecule is ClC1CCCN(CC2CCCCC2)CC1. The third-order valence-electron chi connectivity index (χ3n) is 3.99. The molecule has 0 bridgehead atoms. The predicted molar refractivity (Wildman–Crippen MR) is 66.5 cm³/mol. The molecule has 1 aliphatic carbocycles. The van der Waals surface area contributed by atoms with E-state index < -0.39 is 0 Å². The smallest absolute Gasteiger partial charge is 0.0348 e. The Morgan fingerprint density at radius 2 is 1.67 bits per heavy atom. The molecule has 0 N–H and O–H groups in total. The highest BCUT2D eigenvalue weighted by atomic mass is 35.5. The van der Waals surface area contributed by atoms with E-state index in [1.54, 1.807) is 0 Å². The Morgan fingerprint density at radius 1 is 0.867 bits per heavy atom. The van der Waals surface area contributed by atoms with E-state index in [9.17, 15) is 0 Å². The molecule has 1 aliphatic heterocycles. The molecule has 0 aromatic heterocycles. The van der Waals surface area contributed by atoms with Crippen LogP contribution in [0.3, 0.4) is 0 Å². The highest BCUT2D eigenvalue weighted by molar-refractivity contribution is 6.20. The molecule has 88 valence electrons. The van der Waals surface area contributed by atoms with Gasteiger partial charge in [0, 0.05) is 11.9 Å². The van der Waals surface area contributed by atoms with Crippen LogP contribution in [0.5, 0.6) is 0 Å². The van der Waals surface area contributed by atoms with Gasteiger partial charge in [0.15, 0.2) is 0 Å². The van der Waals surface area contributed by atoms with E-state index in [0.717, 1.165) is 5.92 Å². The minimum Gasteiger partial charge on any atom is -0.303 e. The van der Waals surface area contributed by atoms with E-state index in [1.807, 2.05) is 0 Å². The van der Waals surface area contributed by atoms with Crippen molar-refractivity contribution in [3.05, 3.63) is 0 Å². The first-order valence-electron chi connectivity index (χ1n) is 6.71. The molecule has 2 heteroatoms. The van der Waals surface area contributed by atoms with Gasteiger partial charge in [-0.1, -0.05) is 19.3 Å². The standard InChI is InChI=1S/C13H24ClN/c14-13-7-4-9-15(10-8-13)11-12-5-2-1-3-6-12/h12-13H,1-11H2. The summed E-state index contributed by atoms with van der Waals surface area (Å²) in [5.41, 5.74) is 0. The molecule has 1 atom stereocenters. The molecule has 1 saturated heterocycles. The number of rotatable bonds is 2. The van der Waals surface area contributed by atoms with Gasteiger partial charge in [-0.25, -0.2) is 0 Å². The van der Waals surface area contributed by atoms with Crippen molar-refractivity contribution in [2.24, 2.45) is 5.92 Å². The number of halogens is 1. The second kappa shape index (κ2) is 6.10. The van der Waals surface area contributed by atoms with E-state index in [1.165, 1.54) is 71.0 Å². The minimum absolute atomic E-state index is 0.446. The molecule has 0 aromatic rings. The third kappa shape index (κ3) is 3.96. The molecule has 0 amide bonds. The van der Waals surface area contributed by atoms with Crippen LogP contribution in [-0.2, 0) is 0 Å². The molecule has 2 aliphatic rings. The summed E-state index contributed by atoms with van der Waals surface area (Å²) in [5, 5.41) is 0.446. The lowest BCUT2D eigenvalue weighted by atomic mass is 9.89. The quantitative estimate of drug-likeness (QED) is 0.654. The Morgan fingerprint density at radius 3 is 2.47 bits per heavy atom. The summed E-state index contributed by atoms with van der Waals surface area (Å²) in [6.07, 6.45) is 11.1. The van der Waals surface area contributed by atoms with Gasteiger partial charge < -0.3 is 4.90 Å². The maximum Gasteiger partial charge on any atom is 0.0348 e. The van der Waals surface area contributed by atoms with Crippen LogP contribution >= 0.6 is 11.6 Å². The van der Waals surface area contributed by atoms with Crippen molar-refractivity contribution in [1.82, 2.24) is 4.90 Å². The molecule has 2 fully saturated rings. The van der Waals surface area contributed by atoms with Gasteiger partial charge in [0.2, 0.25) is 0 Å². The average molecular weight is 230 g/mol. The van der Waals surface area contributed by atoms with Crippen LogP contribution in [0.15, 0.2) is 0 Å². The summed E-state index contributed by atoms with van der Waals surface area (Å²) in [4.78, 5) is 2.67. The summed E-state index contributed by atoms with van der Waals surface area (Å²) in [7, 11) is 0. The molecule has 1 saturated carbocycles. The Bertz CT molecular complexity index is 177. The molecule has 0 radical (unpaired) electrons. The zero-order valence-corrected chi connectivity index (χ0v) is 10.5. The lowest BCUT2D eigenvalue weighted by molar-refractivity contribution is 0.206. The summed E-state index contributed by atoms with van der Waals surface area (Å²) in [5.74, 6) is 0.991. The van der Waals surface area contributed by atoms with E-state index in [-0.39, 0.29) is 0 Å². The molecule has 2 rings (SSSR count). The number of alkyl halides is 1. The van der Waals surface area contributed by atoms with E-state index in [2.05, 4.69) is 4.90 Å². The molecule has 15 heavy (non-hydrogen) atoms. The Hall–Kier alpha value is 0.250. The number of nitrogens with zero attached hydrogens (tertiary/aromatic N) is 1.